The fourth-order valence-electron chi connectivity index (χ4n) is 6.53. The maximum absolute atomic E-state index is 14.5. The first-order chi connectivity index (χ1) is 20.8. The minimum atomic E-state index is -0.675. The number of aromatic nitrogens is 4. The Balaban J connectivity index is 1.49. The molecule has 0 saturated heterocycles. The van der Waals surface area contributed by atoms with E-state index in [1.165, 1.54) is 12.1 Å². The minimum absolute atomic E-state index is 0.0493. The molecule has 1 spiro atoms. The van der Waals surface area contributed by atoms with Gasteiger partial charge in [-0.05, 0) is 97.2 Å². The molecule has 3 aromatic rings. The third-order valence-electron chi connectivity index (χ3n) is 9.15. The molecule has 5 rings (SSSR count). The second-order valence-corrected chi connectivity index (χ2v) is 14.5. The van der Waals surface area contributed by atoms with Gasteiger partial charge in [-0.25, -0.2) is 4.39 Å². The Labute approximate surface area is 259 Å². The lowest BCUT2D eigenvalue weighted by atomic mass is 9.69. The highest BCUT2D eigenvalue weighted by Gasteiger charge is 2.52. The van der Waals surface area contributed by atoms with Crippen molar-refractivity contribution in [1.29, 1.82) is 0 Å². The molecule has 1 atom stereocenters. The monoisotopic (exact) mass is 601 g/mol. The summed E-state index contributed by atoms with van der Waals surface area (Å²) >= 11 is 0. The Morgan fingerprint density at radius 2 is 1.70 bits per heavy atom. The summed E-state index contributed by atoms with van der Waals surface area (Å²) in [7, 11) is 0. The lowest BCUT2D eigenvalue weighted by molar-refractivity contribution is -0.134. The van der Waals surface area contributed by atoms with E-state index in [0.717, 1.165) is 44.1 Å². The number of aliphatic imine (C=N–C) groups is 1. The van der Waals surface area contributed by atoms with Crippen LogP contribution in [0.5, 0.6) is 0 Å². The SMILES string of the molecule is CC(C)(C)CC[C@H](c1ccc(C(=O)NCc2nn[nH]n2)cc1)N1C(=O)C(c2ccc(F)cc2)=NC12CCC(C(C)(C)C)CC2. The van der Waals surface area contributed by atoms with E-state index in [1.54, 1.807) is 24.3 Å². The van der Waals surface area contributed by atoms with Crippen molar-refractivity contribution in [2.24, 2.45) is 21.7 Å². The van der Waals surface area contributed by atoms with Crippen LogP contribution in [0, 0.1) is 22.6 Å². The number of nitrogens with one attached hydrogen (secondary N) is 2. The van der Waals surface area contributed by atoms with Crippen molar-refractivity contribution in [2.45, 2.75) is 98.3 Å². The molecule has 2 N–H and O–H groups in total. The maximum Gasteiger partial charge on any atom is 0.275 e. The molecule has 10 heteroatoms. The summed E-state index contributed by atoms with van der Waals surface area (Å²) in [5.74, 6) is 0.221. The molecule has 2 amide bonds. The third-order valence-corrected chi connectivity index (χ3v) is 9.15. The van der Waals surface area contributed by atoms with E-state index in [-0.39, 0.29) is 41.0 Å². The molecule has 0 unspecified atom stereocenters. The van der Waals surface area contributed by atoms with Crippen LogP contribution in [0.15, 0.2) is 53.5 Å². The Morgan fingerprint density at radius 1 is 1.05 bits per heavy atom. The quantitative estimate of drug-likeness (QED) is 0.310. The van der Waals surface area contributed by atoms with Gasteiger partial charge in [-0.1, -0.05) is 58.9 Å². The summed E-state index contributed by atoms with van der Waals surface area (Å²) in [4.78, 5) is 34.6. The lowest BCUT2D eigenvalue weighted by Gasteiger charge is -2.47. The lowest BCUT2D eigenvalue weighted by Crippen LogP contribution is -2.51. The maximum atomic E-state index is 14.5. The molecule has 9 nitrogen and oxygen atoms in total. The van der Waals surface area contributed by atoms with Crippen molar-refractivity contribution in [3.63, 3.8) is 0 Å². The average molecular weight is 602 g/mol. The van der Waals surface area contributed by atoms with Crippen molar-refractivity contribution < 1.29 is 14.0 Å². The van der Waals surface area contributed by atoms with Gasteiger partial charge >= 0.3 is 0 Å². The van der Waals surface area contributed by atoms with Gasteiger partial charge in [-0.15, -0.1) is 10.2 Å². The summed E-state index contributed by atoms with van der Waals surface area (Å²) < 4.78 is 13.8. The number of H-pyrrole nitrogens is 1. The second-order valence-electron chi connectivity index (χ2n) is 14.5. The Hall–Kier alpha value is -3.95. The van der Waals surface area contributed by atoms with Crippen LogP contribution in [0.2, 0.25) is 0 Å². The number of hydrogen-bond acceptors (Lipinski definition) is 6. The van der Waals surface area contributed by atoms with E-state index >= 15 is 0 Å². The summed E-state index contributed by atoms with van der Waals surface area (Å²) in [5, 5.41) is 16.5. The zero-order valence-electron chi connectivity index (χ0n) is 26.7. The Bertz CT molecular complexity index is 1480. The van der Waals surface area contributed by atoms with Crippen molar-refractivity contribution in [3.05, 3.63) is 76.9 Å². The number of halogens is 1. The molecule has 1 saturated carbocycles. The summed E-state index contributed by atoms with van der Waals surface area (Å²) in [6, 6.07) is 13.3. The van der Waals surface area contributed by atoms with Gasteiger partial charge in [0.15, 0.2) is 5.82 Å². The molecule has 2 aliphatic rings. The van der Waals surface area contributed by atoms with Gasteiger partial charge in [0, 0.05) is 11.1 Å². The summed E-state index contributed by atoms with van der Waals surface area (Å²) in [6.45, 7) is 13.6. The third kappa shape index (κ3) is 6.89. The smallest absolute Gasteiger partial charge is 0.275 e. The van der Waals surface area contributed by atoms with Crippen molar-refractivity contribution in [2.75, 3.05) is 0 Å². The van der Waals surface area contributed by atoms with Crippen LogP contribution in [-0.2, 0) is 11.3 Å². The first-order valence-corrected chi connectivity index (χ1v) is 15.6. The van der Waals surface area contributed by atoms with E-state index < -0.39 is 5.66 Å². The molecule has 2 aromatic carbocycles. The van der Waals surface area contributed by atoms with Crippen molar-refractivity contribution in [1.82, 2.24) is 30.8 Å². The molecular weight excluding hydrogens is 557 g/mol. The number of carbonyl (C=O) groups excluding carboxylic acids is 2. The van der Waals surface area contributed by atoms with E-state index in [0.29, 0.717) is 28.6 Å². The fraction of sp³-hybridized carbons (Fsp3) is 0.529. The summed E-state index contributed by atoms with van der Waals surface area (Å²) in [5.41, 5.74) is 2.05. The molecular formula is C34H44FN7O2. The Kier molecular flexibility index (Phi) is 8.73. The average Bonchev–Trinajstić information content (AvgIpc) is 3.59. The highest BCUT2D eigenvalue weighted by Crippen LogP contribution is 2.50. The largest absolute Gasteiger partial charge is 0.345 e. The number of carbonyl (C=O) groups is 2. The highest BCUT2D eigenvalue weighted by atomic mass is 19.1. The Morgan fingerprint density at radius 3 is 2.27 bits per heavy atom. The predicted octanol–water partition coefficient (Wildman–Crippen LogP) is 6.40. The molecule has 0 bridgehead atoms. The number of nitrogens with zero attached hydrogens (tertiary/aromatic N) is 5. The number of benzene rings is 2. The van der Waals surface area contributed by atoms with Gasteiger partial charge in [0.25, 0.3) is 11.8 Å². The van der Waals surface area contributed by atoms with Crippen LogP contribution < -0.4 is 5.32 Å². The molecule has 1 aliphatic carbocycles. The van der Waals surface area contributed by atoms with Gasteiger partial charge in [0.1, 0.15) is 17.2 Å². The zero-order chi connectivity index (χ0) is 31.7. The first-order valence-electron chi connectivity index (χ1n) is 15.6. The van der Waals surface area contributed by atoms with Crippen LogP contribution in [0.4, 0.5) is 4.39 Å². The van der Waals surface area contributed by atoms with Crippen LogP contribution in [0.3, 0.4) is 0 Å². The normalized spacial score (nSPS) is 21.4. The van der Waals surface area contributed by atoms with Crippen LogP contribution in [0.1, 0.15) is 113 Å². The fourth-order valence-corrected chi connectivity index (χ4v) is 6.53. The minimum Gasteiger partial charge on any atom is -0.345 e. The van der Waals surface area contributed by atoms with Gasteiger partial charge in [-0.3, -0.25) is 14.6 Å². The zero-order valence-corrected chi connectivity index (χ0v) is 26.7. The molecule has 234 valence electrons. The first kappa shape index (κ1) is 31.5. The van der Waals surface area contributed by atoms with Gasteiger partial charge in [0.05, 0.1) is 12.6 Å². The molecule has 44 heavy (non-hydrogen) atoms. The van der Waals surface area contributed by atoms with Crippen LogP contribution in [0.25, 0.3) is 0 Å². The molecule has 2 heterocycles. The van der Waals surface area contributed by atoms with Crippen molar-refractivity contribution in [3.8, 4) is 0 Å². The predicted molar refractivity (Wildman–Crippen MR) is 167 cm³/mol. The standard InChI is InChI=1S/C34H44FN7O2/c1-32(2,3)18-17-27(22-7-9-24(10-8-22)30(43)36-21-28-38-40-41-39-28)42-31(44)29(23-11-13-26(35)14-12-23)37-34(42)19-15-25(16-20-34)33(4,5)6/h7-14,25,27H,15-21H2,1-6H3,(H,36,43)(H,38,39,40,41)/t25?,27-,34?/m1/s1. The number of aromatic amines is 1. The highest BCUT2D eigenvalue weighted by molar-refractivity contribution is 6.46. The van der Waals surface area contributed by atoms with E-state index in [9.17, 15) is 14.0 Å². The van der Waals surface area contributed by atoms with E-state index in [2.05, 4.69) is 67.5 Å². The van der Waals surface area contributed by atoms with E-state index in [4.69, 9.17) is 4.99 Å². The molecule has 0 radical (unpaired) electrons. The van der Waals surface area contributed by atoms with Crippen LogP contribution >= 0.6 is 0 Å². The molecule has 1 fully saturated rings. The number of tetrazole rings is 1. The van der Waals surface area contributed by atoms with Gasteiger partial charge in [-0.2, -0.15) is 5.21 Å². The van der Waals surface area contributed by atoms with E-state index in [1.807, 2.05) is 17.0 Å². The number of rotatable bonds is 8. The molecule has 1 aromatic heterocycles. The number of amides is 2. The number of hydrogen-bond donors (Lipinski definition) is 2. The topological polar surface area (TPSA) is 116 Å². The van der Waals surface area contributed by atoms with Gasteiger partial charge < -0.3 is 10.2 Å². The van der Waals surface area contributed by atoms with Gasteiger partial charge in [0.2, 0.25) is 0 Å². The summed E-state index contributed by atoms with van der Waals surface area (Å²) in [6.07, 6.45) is 5.12. The molecule has 1 aliphatic heterocycles. The van der Waals surface area contributed by atoms with Crippen molar-refractivity contribution >= 4 is 17.5 Å². The second kappa shape index (κ2) is 12.2. The van der Waals surface area contributed by atoms with Crippen LogP contribution in [-0.4, -0.2) is 48.7 Å².